The third-order valence-corrected chi connectivity index (χ3v) is 4.26. The SMILES string of the molecule is O=S(=O)(C1=NNC(C(F)F)C1)c1ccc(F)cc1. The topological polar surface area (TPSA) is 58.5 Å². The minimum atomic E-state index is -3.93. The number of nitrogens with zero attached hydrogens (tertiary/aromatic N) is 1. The van der Waals surface area contributed by atoms with Crippen molar-refractivity contribution in [2.45, 2.75) is 23.8 Å². The lowest BCUT2D eigenvalue weighted by atomic mass is 10.2. The number of sulfone groups is 1. The van der Waals surface area contributed by atoms with E-state index in [1.807, 2.05) is 0 Å². The van der Waals surface area contributed by atoms with Crippen molar-refractivity contribution in [3.63, 3.8) is 0 Å². The van der Waals surface area contributed by atoms with Crippen molar-refractivity contribution >= 4 is 14.9 Å². The molecule has 0 amide bonds. The van der Waals surface area contributed by atoms with E-state index < -0.39 is 28.1 Å². The molecule has 1 atom stereocenters. The van der Waals surface area contributed by atoms with Crippen LogP contribution >= 0.6 is 0 Å². The number of nitrogens with one attached hydrogen (secondary N) is 1. The van der Waals surface area contributed by atoms with Gasteiger partial charge in [-0.25, -0.2) is 21.6 Å². The number of alkyl halides is 2. The van der Waals surface area contributed by atoms with Crippen molar-refractivity contribution in [3.05, 3.63) is 30.1 Å². The molecule has 1 heterocycles. The second-order valence-corrected chi connectivity index (χ2v) is 5.69. The van der Waals surface area contributed by atoms with Crippen molar-refractivity contribution in [3.8, 4) is 0 Å². The van der Waals surface area contributed by atoms with Gasteiger partial charge in [-0.2, -0.15) is 5.10 Å². The number of hydrogen-bond acceptors (Lipinski definition) is 4. The Morgan fingerprint density at radius 1 is 1.28 bits per heavy atom. The van der Waals surface area contributed by atoms with Crippen molar-refractivity contribution in [2.75, 3.05) is 0 Å². The maximum absolute atomic E-state index is 12.7. The third-order valence-electron chi connectivity index (χ3n) is 2.49. The lowest BCUT2D eigenvalue weighted by molar-refractivity contribution is 0.106. The van der Waals surface area contributed by atoms with Crippen LogP contribution in [0.3, 0.4) is 0 Å². The van der Waals surface area contributed by atoms with Gasteiger partial charge in [-0.05, 0) is 24.3 Å². The molecule has 98 valence electrons. The van der Waals surface area contributed by atoms with Gasteiger partial charge < -0.3 is 0 Å². The monoisotopic (exact) mass is 278 g/mol. The Hall–Kier alpha value is -1.57. The predicted octanol–water partition coefficient (Wildman–Crippen LogP) is 1.54. The molecular formula is C10H9F3N2O2S. The van der Waals surface area contributed by atoms with Crippen LogP contribution in [0.15, 0.2) is 34.3 Å². The molecule has 2 rings (SSSR count). The third kappa shape index (κ3) is 2.33. The Morgan fingerprint density at radius 2 is 1.89 bits per heavy atom. The Bertz CT molecular complexity index is 569. The average molecular weight is 278 g/mol. The minimum absolute atomic E-state index is 0.167. The fraction of sp³-hybridized carbons (Fsp3) is 0.300. The number of hydrogen-bond donors (Lipinski definition) is 1. The van der Waals surface area contributed by atoms with Crippen LogP contribution in [0, 0.1) is 5.82 Å². The van der Waals surface area contributed by atoms with Gasteiger partial charge in [-0.1, -0.05) is 0 Å². The molecule has 1 aromatic carbocycles. The van der Waals surface area contributed by atoms with Gasteiger partial charge in [0.15, 0.2) is 5.04 Å². The van der Waals surface area contributed by atoms with Crippen LogP contribution in [0.4, 0.5) is 13.2 Å². The molecule has 1 aromatic rings. The molecular weight excluding hydrogens is 269 g/mol. The Labute approximate surface area is 101 Å². The van der Waals surface area contributed by atoms with E-state index in [4.69, 9.17) is 0 Å². The van der Waals surface area contributed by atoms with Gasteiger partial charge in [0.25, 0.3) is 6.43 Å². The van der Waals surface area contributed by atoms with Crippen LogP contribution in [0.1, 0.15) is 6.42 Å². The van der Waals surface area contributed by atoms with Crippen molar-refractivity contribution in [2.24, 2.45) is 5.10 Å². The quantitative estimate of drug-likeness (QED) is 0.835. The summed E-state index contributed by atoms with van der Waals surface area (Å²) in [6.45, 7) is 0. The summed E-state index contributed by atoms with van der Waals surface area (Å²) >= 11 is 0. The Balaban J connectivity index is 2.26. The molecule has 0 aliphatic carbocycles. The van der Waals surface area contributed by atoms with E-state index in [9.17, 15) is 21.6 Å². The highest BCUT2D eigenvalue weighted by Crippen LogP contribution is 2.20. The zero-order valence-corrected chi connectivity index (χ0v) is 9.79. The van der Waals surface area contributed by atoms with E-state index in [-0.39, 0.29) is 16.4 Å². The normalized spacial score (nSPS) is 19.8. The molecule has 0 saturated heterocycles. The van der Waals surface area contributed by atoms with Crippen molar-refractivity contribution in [1.82, 2.24) is 5.43 Å². The van der Waals surface area contributed by atoms with Crippen LogP contribution in [0.25, 0.3) is 0 Å². The summed E-state index contributed by atoms with van der Waals surface area (Å²) in [6.07, 6.45) is -3.08. The number of halogens is 3. The van der Waals surface area contributed by atoms with Crippen LogP contribution in [-0.4, -0.2) is 25.9 Å². The van der Waals surface area contributed by atoms with Crippen molar-refractivity contribution in [1.29, 1.82) is 0 Å². The molecule has 0 radical (unpaired) electrons. The molecule has 0 aromatic heterocycles. The highest BCUT2D eigenvalue weighted by molar-refractivity contribution is 8.06. The zero-order valence-electron chi connectivity index (χ0n) is 8.98. The van der Waals surface area contributed by atoms with Crippen molar-refractivity contribution < 1.29 is 21.6 Å². The zero-order chi connectivity index (χ0) is 13.3. The lowest BCUT2D eigenvalue weighted by Gasteiger charge is -2.07. The summed E-state index contributed by atoms with van der Waals surface area (Å²) in [4.78, 5) is -0.167. The highest BCUT2D eigenvalue weighted by Gasteiger charge is 2.34. The summed E-state index contributed by atoms with van der Waals surface area (Å²) in [6, 6.07) is 2.82. The standard InChI is InChI=1S/C10H9F3N2O2S/c11-6-1-3-7(4-2-6)18(16,17)9-5-8(10(12)13)14-15-9/h1-4,8,10,14H,5H2. The van der Waals surface area contributed by atoms with Gasteiger partial charge in [-0.3, -0.25) is 5.43 Å². The number of rotatable bonds is 2. The van der Waals surface area contributed by atoms with Gasteiger partial charge in [0, 0.05) is 6.42 Å². The largest absolute Gasteiger partial charge is 0.300 e. The Kier molecular flexibility index (Phi) is 3.29. The first-order chi connectivity index (χ1) is 8.41. The molecule has 1 unspecified atom stereocenters. The maximum atomic E-state index is 12.7. The first kappa shape index (κ1) is 12.9. The second-order valence-electron chi connectivity index (χ2n) is 3.74. The van der Waals surface area contributed by atoms with E-state index in [0.29, 0.717) is 0 Å². The molecule has 0 bridgehead atoms. The average Bonchev–Trinajstić information content (AvgIpc) is 2.79. The summed E-state index contributed by atoms with van der Waals surface area (Å²) in [7, 11) is -3.93. The van der Waals surface area contributed by atoms with Gasteiger partial charge in [0.1, 0.15) is 11.9 Å². The molecule has 8 heteroatoms. The molecule has 0 fully saturated rings. The fourth-order valence-corrected chi connectivity index (χ4v) is 2.84. The molecule has 1 aliphatic rings. The predicted molar refractivity (Wildman–Crippen MR) is 58.6 cm³/mol. The second kappa shape index (κ2) is 4.60. The van der Waals surface area contributed by atoms with E-state index in [2.05, 4.69) is 10.5 Å². The summed E-state index contributed by atoms with van der Waals surface area (Å²) in [5.74, 6) is -0.578. The first-order valence-electron chi connectivity index (χ1n) is 5.02. The first-order valence-corrected chi connectivity index (χ1v) is 6.50. The van der Waals surface area contributed by atoms with Crippen LogP contribution in [-0.2, 0) is 9.84 Å². The smallest absolute Gasteiger partial charge is 0.260 e. The molecule has 18 heavy (non-hydrogen) atoms. The molecule has 1 N–H and O–H groups in total. The maximum Gasteiger partial charge on any atom is 0.260 e. The number of hydrazone groups is 1. The van der Waals surface area contributed by atoms with E-state index >= 15 is 0 Å². The van der Waals surface area contributed by atoms with E-state index in [1.165, 1.54) is 0 Å². The van der Waals surface area contributed by atoms with Gasteiger partial charge in [-0.15, -0.1) is 0 Å². The Morgan fingerprint density at radius 3 is 2.39 bits per heavy atom. The van der Waals surface area contributed by atoms with E-state index in [1.54, 1.807) is 0 Å². The molecule has 0 spiro atoms. The fourth-order valence-electron chi connectivity index (χ4n) is 1.50. The molecule has 4 nitrogen and oxygen atoms in total. The summed E-state index contributed by atoms with van der Waals surface area (Å²) in [5, 5.41) is 3.05. The van der Waals surface area contributed by atoms with Gasteiger partial charge in [0.2, 0.25) is 9.84 Å². The van der Waals surface area contributed by atoms with E-state index in [0.717, 1.165) is 24.3 Å². The number of benzene rings is 1. The molecule has 1 aliphatic heterocycles. The van der Waals surface area contributed by atoms with Crippen LogP contribution in [0.2, 0.25) is 0 Å². The summed E-state index contributed by atoms with van der Waals surface area (Å²) in [5.41, 5.74) is 2.08. The highest BCUT2D eigenvalue weighted by atomic mass is 32.2. The molecule has 0 saturated carbocycles. The summed E-state index contributed by atoms with van der Waals surface area (Å²) < 4.78 is 61.4. The lowest BCUT2D eigenvalue weighted by Crippen LogP contribution is -2.28. The minimum Gasteiger partial charge on any atom is -0.300 e. The van der Waals surface area contributed by atoms with Gasteiger partial charge >= 0.3 is 0 Å². The van der Waals surface area contributed by atoms with Crippen LogP contribution in [0.5, 0.6) is 0 Å². The van der Waals surface area contributed by atoms with Crippen LogP contribution < -0.4 is 5.43 Å². The van der Waals surface area contributed by atoms with Gasteiger partial charge in [0.05, 0.1) is 4.90 Å².